The van der Waals surface area contributed by atoms with Crippen molar-refractivity contribution in [3.8, 4) is 0 Å². The van der Waals surface area contributed by atoms with E-state index in [4.69, 9.17) is 13.6 Å². The smallest absolute Gasteiger partial charge is 0.482 e. The van der Waals surface area contributed by atoms with E-state index >= 15 is 0 Å². The Labute approximate surface area is 176 Å². The maximum absolute atomic E-state index is 13.1. The number of amides is 1. The molecule has 4 rings (SSSR count). The number of anilines is 1. The lowest BCUT2D eigenvalue weighted by molar-refractivity contribution is -0.113. The summed E-state index contributed by atoms with van der Waals surface area (Å²) in [4.78, 5) is 28.4. The number of hydrogen-bond acceptors (Lipinski definition) is 8. The molecule has 0 fully saturated rings. The van der Waals surface area contributed by atoms with Crippen LogP contribution in [0.3, 0.4) is 0 Å². The van der Waals surface area contributed by atoms with Gasteiger partial charge in [0.2, 0.25) is 0 Å². The van der Waals surface area contributed by atoms with Gasteiger partial charge in [0.05, 0.1) is 4.90 Å². The lowest BCUT2D eigenvalue weighted by atomic mass is 10.1. The molecule has 1 N–H and O–H groups in total. The first kappa shape index (κ1) is 20.4. The summed E-state index contributed by atoms with van der Waals surface area (Å²) >= 11 is 0. The zero-order valence-corrected chi connectivity index (χ0v) is 17.3. The Hall–Kier alpha value is -3.86. The SMILES string of the molecule is Cc1oc(=O)oc1COC1=C(C(=O)Nc2ccccn2)N(C)S(=O)(=O)c2ccccc21. The van der Waals surface area contributed by atoms with E-state index in [1.54, 1.807) is 30.3 Å². The Kier molecular flexibility index (Phi) is 5.11. The highest BCUT2D eigenvalue weighted by Crippen LogP contribution is 2.37. The van der Waals surface area contributed by atoms with Crippen molar-refractivity contribution in [2.45, 2.75) is 18.4 Å². The number of carbonyl (C=O) groups excluding carboxylic acids is 1. The third-order valence-corrected chi connectivity index (χ3v) is 6.42. The van der Waals surface area contributed by atoms with Crippen LogP contribution in [0.4, 0.5) is 5.82 Å². The zero-order chi connectivity index (χ0) is 22.2. The molecule has 160 valence electrons. The van der Waals surface area contributed by atoms with Gasteiger partial charge in [-0.05, 0) is 31.2 Å². The van der Waals surface area contributed by atoms with Crippen molar-refractivity contribution in [3.63, 3.8) is 0 Å². The van der Waals surface area contributed by atoms with Gasteiger partial charge in [-0.25, -0.2) is 18.2 Å². The van der Waals surface area contributed by atoms with Crippen molar-refractivity contribution in [1.29, 1.82) is 0 Å². The second-order valence-electron chi connectivity index (χ2n) is 6.54. The van der Waals surface area contributed by atoms with Gasteiger partial charge >= 0.3 is 5.82 Å². The Balaban J connectivity index is 1.81. The quantitative estimate of drug-likeness (QED) is 0.634. The molecular weight excluding hydrogens is 426 g/mol. The van der Waals surface area contributed by atoms with Crippen LogP contribution in [0.15, 0.2) is 72.9 Å². The largest absolute Gasteiger partial charge is 0.519 e. The molecule has 0 spiro atoms. The van der Waals surface area contributed by atoms with Crippen LogP contribution in [0.5, 0.6) is 0 Å². The van der Waals surface area contributed by atoms with Crippen molar-refractivity contribution in [3.05, 3.63) is 82.1 Å². The minimum absolute atomic E-state index is 0.00426. The number of aromatic nitrogens is 1. The molecule has 0 unspecified atom stereocenters. The lowest BCUT2D eigenvalue weighted by Crippen LogP contribution is -2.37. The van der Waals surface area contributed by atoms with E-state index in [2.05, 4.69) is 10.3 Å². The molecule has 11 heteroatoms. The summed E-state index contributed by atoms with van der Waals surface area (Å²) in [5, 5.41) is 2.57. The average Bonchev–Trinajstić information content (AvgIpc) is 3.07. The van der Waals surface area contributed by atoms with Gasteiger partial charge in [-0.2, -0.15) is 0 Å². The highest BCUT2D eigenvalue weighted by Gasteiger charge is 2.39. The van der Waals surface area contributed by atoms with E-state index in [9.17, 15) is 18.0 Å². The molecule has 0 atom stereocenters. The number of sulfonamides is 1. The first-order valence-corrected chi connectivity index (χ1v) is 10.5. The van der Waals surface area contributed by atoms with E-state index < -0.39 is 21.8 Å². The summed E-state index contributed by atoms with van der Waals surface area (Å²) < 4.78 is 42.5. The standard InChI is InChI=1S/C20H17N3O7S/c1-12-14(30-20(25)29-12)11-28-18-13-7-3-4-8-15(13)31(26,27)23(2)17(18)19(24)22-16-9-5-6-10-21-16/h3-10H,11H2,1-2H3,(H,21,22,24). The van der Waals surface area contributed by atoms with E-state index in [1.807, 2.05) is 0 Å². The van der Waals surface area contributed by atoms with E-state index in [-0.39, 0.29) is 45.9 Å². The van der Waals surface area contributed by atoms with Crippen LogP contribution in [-0.2, 0) is 26.2 Å². The van der Waals surface area contributed by atoms with Crippen molar-refractivity contribution >= 4 is 27.5 Å². The normalized spacial score (nSPS) is 14.8. The Morgan fingerprint density at radius 1 is 1.16 bits per heavy atom. The first-order chi connectivity index (χ1) is 14.8. The van der Waals surface area contributed by atoms with Crippen LogP contribution >= 0.6 is 0 Å². The molecule has 1 amide bonds. The molecular formula is C20H17N3O7S. The summed E-state index contributed by atoms with van der Waals surface area (Å²) in [7, 11) is -2.75. The molecule has 2 aromatic heterocycles. The molecule has 10 nitrogen and oxygen atoms in total. The maximum Gasteiger partial charge on any atom is 0.519 e. The summed E-state index contributed by atoms with van der Waals surface area (Å²) in [5.41, 5.74) is -0.0388. The summed E-state index contributed by atoms with van der Waals surface area (Å²) in [6.45, 7) is 1.27. The van der Waals surface area contributed by atoms with Gasteiger partial charge in [-0.15, -0.1) is 0 Å². The molecule has 1 aromatic carbocycles. The van der Waals surface area contributed by atoms with Crippen LogP contribution in [0.1, 0.15) is 17.1 Å². The summed E-state index contributed by atoms with van der Waals surface area (Å²) in [6, 6.07) is 11.1. The monoisotopic (exact) mass is 443 g/mol. The number of fused-ring (bicyclic) bond motifs is 1. The third kappa shape index (κ3) is 3.70. The summed E-state index contributed by atoms with van der Waals surface area (Å²) in [6.07, 6.45) is 1.49. The van der Waals surface area contributed by atoms with Gasteiger partial charge in [-0.1, -0.05) is 18.2 Å². The number of carbonyl (C=O) groups is 1. The molecule has 0 aliphatic carbocycles. The molecule has 1 aliphatic rings. The number of pyridine rings is 1. The predicted octanol–water partition coefficient (Wildman–Crippen LogP) is 2.09. The molecule has 31 heavy (non-hydrogen) atoms. The van der Waals surface area contributed by atoms with Gasteiger partial charge in [0, 0.05) is 18.8 Å². The van der Waals surface area contributed by atoms with Gasteiger partial charge in [0.25, 0.3) is 15.9 Å². The van der Waals surface area contributed by atoms with E-state index in [0.717, 1.165) is 4.31 Å². The van der Waals surface area contributed by atoms with Crippen LogP contribution < -0.4 is 11.1 Å². The molecule has 3 heterocycles. The molecule has 0 bridgehead atoms. The second-order valence-corrected chi connectivity index (χ2v) is 8.48. The predicted molar refractivity (Wildman–Crippen MR) is 108 cm³/mol. The highest BCUT2D eigenvalue weighted by molar-refractivity contribution is 7.89. The van der Waals surface area contributed by atoms with Crippen molar-refractivity contribution < 1.29 is 26.8 Å². The number of aryl methyl sites for hydroxylation is 1. The summed E-state index contributed by atoms with van der Waals surface area (Å²) in [5.74, 6) is -1.04. The van der Waals surface area contributed by atoms with Crippen LogP contribution in [0.25, 0.3) is 5.76 Å². The number of hydrogen-bond donors (Lipinski definition) is 1. The Bertz CT molecular complexity index is 1340. The van der Waals surface area contributed by atoms with Gasteiger partial charge < -0.3 is 18.9 Å². The molecule has 0 saturated heterocycles. The fourth-order valence-corrected chi connectivity index (χ4v) is 4.46. The van der Waals surface area contributed by atoms with Crippen molar-refractivity contribution in [2.24, 2.45) is 0 Å². The fourth-order valence-electron chi connectivity index (χ4n) is 3.07. The van der Waals surface area contributed by atoms with Crippen LogP contribution in [-0.4, -0.2) is 30.7 Å². The minimum atomic E-state index is -4.00. The van der Waals surface area contributed by atoms with Gasteiger partial charge in [0.1, 0.15) is 12.4 Å². The zero-order valence-electron chi connectivity index (χ0n) is 16.5. The number of nitrogens with one attached hydrogen (secondary N) is 1. The molecule has 3 aromatic rings. The molecule has 0 radical (unpaired) electrons. The van der Waals surface area contributed by atoms with Crippen molar-refractivity contribution in [2.75, 3.05) is 12.4 Å². The fraction of sp³-hybridized carbons (Fsp3) is 0.150. The number of rotatable bonds is 5. The topological polar surface area (TPSA) is 132 Å². The number of likely N-dealkylation sites (N-methyl/N-ethyl adjacent to an activating group) is 1. The van der Waals surface area contributed by atoms with Crippen LogP contribution in [0.2, 0.25) is 0 Å². The Morgan fingerprint density at radius 3 is 2.58 bits per heavy atom. The Morgan fingerprint density at radius 2 is 1.90 bits per heavy atom. The van der Waals surface area contributed by atoms with Crippen molar-refractivity contribution in [1.82, 2.24) is 9.29 Å². The first-order valence-electron chi connectivity index (χ1n) is 9.06. The highest BCUT2D eigenvalue weighted by atomic mass is 32.2. The lowest BCUT2D eigenvalue weighted by Gasteiger charge is -2.30. The molecule has 0 saturated carbocycles. The average molecular weight is 443 g/mol. The third-order valence-electron chi connectivity index (χ3n) is 4.60. The van der Waals surface area contributed by atoms with E-state index in [1.165, 1.54) is 32.3 Å². The second kappa shape index (κ2) is 7.76. The van der Waals surface area contributed by atoms with Gasteiger partial charge in [0.15, 0.2) is 23.0 Å². The number of nitrogens with zero attached hydrogens (tertiary/aromatic N) is 2. The number of benzene rings is 1. The van der Waals surface area contributed by atoms with Crippen LogP contribution in [0, 0.1) is 6.92 Å². The maximum atomic E-state index is 13.1. The van der Waals surface area contributed by atoms with Gasteiger partial charge in [-0.3, -0.25) is 9.10 Å². The molecule has 1 aliphatic heterocycles. The minimum Gasteiger partial charge on any atom is -0.482 e. The number of ether oxygens (including phenoxy) is 1. The van der Waals surface area contributed by atoms with E-state index in [0.29, 0.717) is 0 Å².